The number of nitrogen functional groups attached to an aromatic ring is 1. The molecule has 0 spiro atoms. The molecule has 0 radical (unpaired) electrons. The second-order valence-corrected chi connectivity index (χ2v) is 4.03. The van der Waals surface area contributed by atoms with Gasteiger partial charge in [0.05, 0.1) is 21.8 Å². The van der Waals surface area contributed by atoms with Gasteiger partial charge >= 0.3 is 0 Å². The highest BCUT2D eigenvalue weighted by Crippen LogP contribution is 2.31. The molecule has 0 aliphatic heterocycles. The summed E-state index contributed by atoms with van der Waals surface area (Å²) in [5.41, 5.74) is 6.53. The Hall–Kier alpha value is 0.0400. The number of rotatable bonds is 2. The van der Waals surface area contributed by atoms with E-state index in [-0.39, 0.29) is 0 Å². The smallest absolute Gasteiger partial charge is 0.0887 e. The molecule has 5 heteroatoms. The summed E-state index contributed by atoms with van der Waals surface area (Å²) in [7, 11) is 0. The van der Waals surface area contributed by atoms with Crippen molar-refractivity contribution in [3.8, 4) is 0 Å². The molecular formula is C8H8BrCl2NO. The second-order valence-electron chi connectivity index (χ2n) is 2.57. The van der Waals surface area contributed by atoms with Crippen LogP contribution < -0.4 is 5.73 Å². The summed E-state index contributed by atoms with van der Waals surface area (Å²) in [6.07, 6.45) is -0.615. The zero-order chi connectivity index (χ0) is 10.0. The standard InChI is InChI=1S/C8H8BrCl2NO/c9-3-7(13)4-1-5(10)8(12)6(11)2-4/h1-2,7,13H,3,12H2/t7-/m0/s1. The molecule has 0 unspecified atom stereocenters. The monoisotopic (exact) mass is 283 g/mol. The molecule has 3 N–H and O–H groups in total. The van der Waals surface area contributed by atoms with Crippen molar-refractivity contribution in [3.05, 3.63) is 27.7 Å². The van der Waals surface area contributed by atoms with Crippen molar-refractivity contribution in [1.29, 1.82) is 0 Å². The molecule has 1 aromatic carbocycles. The van der Waals surface area contributed by atoms with Gasteiger partial charge in [-0.05, 0) is 17.7 Å². The SMILES string of the molecule is Nc1c(Cl)cc([C@@H](O)CBr)cc1Cl. The molecule has 0 bridgehead atoms. The first-order valence-electron chi connectivity index (χ1n) is 3.54. The van der Waals surface area contributed by atoms with Crippen molar-refractivity contribution in [3.63, 3.8) is 0 Å². The molecule has 1 aromatic rings. The number of nitrogens with two attached hydrogens (primary N) is 1. The summed E-state index contributed by atoms with van der Waals surface area (Å²) in [5.74, 6) is 0. The Kier molecular flexibility index (Phi) is 3.86. The van der Waals surface area contributed by atoms with Gasteiger partial charge < -0.3 is 10.8 Å². The molecule has 0 aliphatic rings. The first-order chi connectivity index (χ1) is 6.06. The van der Waals surface area contributed by atoms with E-state index in [9.17, 15) is 5.11 Å². The molecule has 0 amide bonds. The highest BCUT2D eigenvalue weighted by Gasteiger charge is 2.10. The van der Waals surface area contributed by atoms with Gasteiger partial charge in [-0.15, -0.1) is 0 Å². The third kappa shape index (κ3) is 2.50. The molecule has 1 rings (SSSR count). The van der Waals surface area contributed by atoms with Crippen LogP contribution in [0.15, 0.2) is 12.1 Å². The van der Waals surface area contributed by atoms with Gasteiger partial charge in [-0.25, -0.2) is 0 Å². The van der Waals surface area contributed by atoms with Crippen molar-refractivity contribution < 1.29 is 5.11 Å². The van der Waals surface area contributed by atoms with Gasteiger partial charge in [-0.2, -0.15) is 0 Å². The summed E-state index contributed by atoms with van der Waals surface area (Å²) in [6.45, 7) is 0. The molecule has 72 valence electrons. The number of hydrogen-bond donors (Lipinski definition) is 2. The Labute approximate surface area is 94.8 Å². The Morgan fingerprint density at radius 3 is 2.23 bits per heavy atom. The van der Waals surface area contributed by atoms with E-state index in [1.54, 1.807) is 12.1 Å². The highest BCUT2D eigenvalue weighted by molar-refractivity contribution is 9.09. The first-order valence-corrected chi connectivity index (χ1v) is 5.42. The Balaban J connectivity index is 3.13. The first kappa shape index (κ1) is 11.1. The molecular weight excluding hydrogens is 277 g/mol. The number of anilines is 1. The summed E-state index contributed by atoms with van der Waals surface area (Å²) in [6, 6.07) is 3.21. The number of aliphatic hydroxyl groups is 1. The quantitative estimate of drug-likeness (QED) is 0.648. The fraction of sp³-hybridized carbons (Fsp3) is 0.250. The Morgan fingerprint density at radius 2 is 1.85 bits per heavy atom. The number of benzene rings is 1. The Bertz CT molecular complexity index is 296. The van der Waals surface area contributed by atoms with Crippen molar-refractivity contribution in [2.24, 2.45) is 0 Å². The molecule has 13 heavy (non-hydrogen) atoms. The molecule has 0 aliphatic carbocycles. The van der Waals surface area contributed by atoms with Crippen LogP contribution in [-0.4, -0.2) is 10.4 Å². The fourth-order valence-corrected chi connectivity index (χ4v) is 1.76. The van der Waals surface area contributed by atoms with E-state index in [2.05, 4.69) is 15.9 Å². The van der Waals surface area contributed by atoms with Crippen molar-refractivity contribution in [2.45, 2.75) is 6.10 Å². The van der Waals surface area contributed by atoms with Crippen LogP contribution in [0, 0.1) is 0 Å². The number of halogens is 3. The van der Waals surface area contributed by atoms with Crippen molar-refractivity contribution in [1.82, 2.24) is 0 Å². The zero-order valence-corrected chi connectivity index (χ0v) is 9.70. The van der Waals surface area contributed by atoms with Crippen LogP contribution in [-0.2, 0) is 0 Å². The molecule has 0 aromatic heterocycles. The minimum Gasteiger partial charge on any atom is -0.396 e. The van der Waals surface area contributed by atoms with Gasteiger partial charge in [0.15, 0.2) is 0 Å². The van der Waals surface area contributed by atoms with Crippen LogP contribution in [0.5, 0.6) is 0 Å². The summed E-state index contributed by atoms with van der Waals surface area (Å²) in [4.78, 5) is 0. The third-order valence-corrected chi connectivity index (χ3v) is 2.87. The van der Waals surface area contributed by atoms with Gasteiger partial charge in [-0.1, -0.05) is 39.1 Å². The van der Waals surface area contributed by atoms with Gasteiger partial charge in [0.25, 0.3) is 0 Å². The van der Waals surface area contributed by atoms with Crippen LogP contribution in [0.3, 0.4) is 0 Å². The van der Waals surface area contributed by atoms with E-state index in [4.69, 9.17) is 28.9 Å². The highest BCUT2D eigenvalue weighted by atomic mass is 79.9. The van der Waals surface area contributed by atoms with Crippen LogP contribution in [0.25, 0.3) is 0 Å². The zero-order valence-electron chi connectivity index (χ0n) is 6.60. The van der Waals surface area contributed by atoms with Crippen LogP contribution >= 0.6 is 39.1 Å². The van der Waals surface area contributed by atoms with E-state index < -0.39 is 6.10 Å². The molecule has 1 atom stereocenters. The fourth-order valence-electron chi connectivity index (χ4n) is 0.885. The second kappa shape index (κ2) is 4.51. The number of alkyl halides is 1. The van der Waals surface area contributed by atoms with Gasteiger partial charge in [0.2, 0.25) is 0 Å². The largest absolute Gasteiger partial charge is 0.396 e. The van der Waals surface area contributed by atoms with E-state index in [0.717, 1.165) is 0 Å². The van der Waals surface area contributed by atoms with Crippen LogP contribution in [0.4, 0.5) is 5.69 Å². The minimum absolute atomic E-state index is 0.342. The average molecular weight is 285 g/mol. The van der Waals surface area contributed by atoms with Crippen LogP contribution in [0.2, 0.25) is 10.0 Å². The summed E-state index contributed by atoms with van der Waals surface area (Å²) < 4.78 is 0. The molecule has 2 nitrogen and oxygen atoms in total. The minimum atomic E-state index is -0.615. The van der Waals surface area contributed by atoms with E-state index in [0.29, 0.717) is 26.6 Å². The lowest BCUT2D eigenvalue weighted by Gasteiger charge is -2.10. The molecule has 0 fully saturated rings. The third-order valence-electron chi connectivity index (χ3n) is 1.63. The van der Waals surface area contributed by atoms with E-state index >= 15 is 0 Å². The molecule has 0 heterocycles. The molecule has 0 saturated heterocycles. The van der Waals surface area contributed by atoms with Gasteiger partial charge in [0, 0.05) is 5.33 Å². The number of hydrogen-bond acceptors (Lipinski definition) is 2. The maximum absolute atomic E-state index is 9.46. The lowest BCUT2D eigenvalue weighted by Crippen LogP contribution is -1.99. The topological polar surface area (TPSA) is 46.2 Å². The predicted octanol–water partition coefficient (Wildman–Crippen LogP) is 3.00. The van der Waals surface area contributed by atoms with Gasteiger partial charge in [-0.3, -0.25) is 0 Å². The summed E-state index contributed by atoms with van der Waals surface area (Å²) in [5, 5.41) is 10.6. The van der Waals surface area contributed by atoms with Crippen molar-refractivity contribution in [2.75, 3.05) is 11.1 Å². The average Bonchev–Trinajstić information content (AvgIpc) is 2.12. The maximum atomic E-state index is 9.46. The van der Waals surface area contributed by atoms with Gasteiger partial charge in [0.1, 0.15) is 0 Å². The van der Waals surface area contributed by atoms with Crippen molar-refractivity contribution >= 4 is 44.8 Å². The predicted molar refractivity (Wildman–Crippen MR) is 59.6 cm³/mol. The number of aliphatic hydroxyl groups excluding tert-OH is 1. The lowest BCUT2D eigenvalue weighted by molar-refractivity contribution is 0.205. The van der Waals surface area contributed by atoms with E-state index in [1.807, 2.05) is 0 Å². The summed E-state index contributed by atoms with van der Waals surface area (Å²) >= 11 is 14.7. The maximum Gasteiger partial charge on any atom is 0.0887 e. The lowest BCUT2D eigenvalue weighted by atomic mass is 10.1. The van der Waals surface area contributed by atoms with Crippen LogP contribution in [0.1, 0.15) is 11.7 Å². The molecule has 0 saturated carbocycles. The van der Waals surface area contributed by atoms with E-state index in [1.165, 1.54) is 0 Å². The Morgan fingerprint density at radius 1 is 1.38 bits per heavy atom. The normalized spacial score (nSPS) is 12.9.